The Kier molecular flexibility index (Phi) is 24.8. The zero-order chi connectivity index (χ0) is 28.7. The molecule has 0 amide bonds. The van der Waals surface area contributed by atoms with Gasteiger partial charge in [0.2, 0.25) is 0 Å². The van der Waals surface area contributed by atoms with E-state index < -0.39 is 8.80 Å². The van der Waals surface area contributed by atoms with Crippen molar-refractivity contribution < 1.29 is 30.2 Å². The van der Waals surface area contributed by atoms with Crippen molar-refractivity contribution in [1.82, 2.24) is 0 Å². The highest BCUT2D eigenvalue weighted by Gasteiger charge is 2.39. The fraction of sp³-hybridized carbons (Fsp3) is 0.824. The average Bonchev–Trinajstić information content (AvgIpc) is 2.96. The molecule has 0 aromatic heterocycles. The molecule has 0 saturated heterocycles. The number of nitrogens with zero attached hydrogens (tertiary/aromatic N) is 1. The van der Waals surface area contributed by atoms with Crippen LogP contribution < -0.4 is 12.4 Å². The van der Waals surface area contributed by atoms with Gasteiger partial charge in [-0.25, -0.2) is 0 Å². The van der Waals surface area contributed by atoms with Crippen LogP contribution in [0, 0.1) is 0 Å². The van der Waals surface area contributed by atoms with E-state index in [1.807, 2.05) is 0 Å². The molecule has 0 aliphatic rings. The maximum Gasteiger partial charge on any atom is 0.500 e. The van der Waals surface area contributed by atoms with Crippen LogP contribution in [0.4, 0.5) is 0 Å². The van der Waals surface area contributed by atoms with Crippen molar-refractivity contribution in [3.05, 3.63) is 35.9 Å². The predicted octanol–water partition coefficient (Wildman–Crippen LogP) is 7.12. The lowest BCUT2D eigenvalue weighted by Crippen LogP contribution is -3.00. The Morgan fingerprint density at radius 2 is 1.00 bits per heavy atom. The fourth-order valence-corrected chi connectivity index (χ4v) is 8.07. The second-order valence-corrected chi connectivity index (χ2v) is 15.1. The molecule has 40 heavy (non-hydrogen) atoms. The predicted molar refractivity (Wildman–Crippen MR) is 171 cm³/mol. The van der Waals surface area contributed by atoms with Gasteiger partial charge in [-0.1, -0.05) is 134 Å². The van der Waals surface area contributed by atoms with E-state index in [9.17, 15) is 0 Å². The summed E-state index contributed by atoms with van der Waals surface area (Å²) >= 11 is 0. The standard InChI is InChI=1S/C34H66NO3Si.ClH/c1-7-9-10-11-12-13-14-15-16-17-18-19-20-21-22-26-30-35(3,31-27-32-39(36-4,37-5)38-6)34(8-2)33-28-24-23-25-29-33;/h23-25,28-29,34H,7-22,26-27,30-32H2,1-6H3;1H/q+1;/p-1. The number of hydrogen-bond acceptors (Lipinski definition) is 3. The summed E-state index contributed by atoms with van der Waals surface area (Å²) in [4.78, 5) is 0. The van der Waals surface area contributed by atoms with Crippen molar-refractivity contribution in [3.8, 4) is 0 Å². The molecule has 4 nitrogen and oxygen atoms in total. The third kappa shape index (κ3) is 16.3. The van der Waals surface area contributed by atoms with E-state index in [-0.39, 0.29) is 12.4 Å². The Morgan fingerprint density at radius 3 is 1.40 bits per heavy atom. The quantitative estimate of drug-likeness (QED) is 0.0612. The highest BCUT2D eigenvalue weighted by molar-refractivity contribution is 6.60. The molecule has 1 rings (SSSR count). The summed E-state index contributed by atoms with van der Waals surface area (Å²) in [5.41, 5.74) is 1.47. The normalized spacial score (nSPS) is 14.1. The van der Waals surface area contributed by atoms with E-state index in [2.05, 4.69) is 51.2 Å². The number of quaternary nitrogens is 1. The van der Waals surface area contributed by atoms with Gasteiger partial charge in [0.25, 0.3) is 0 Å². The number of hydrogen-bond donors (Lipinski definition) is 0. The van der Waals surface area contributed by atoms with Crippen LogP contribution in [-0.2, 0) is 13.3 Å². The Morgan fingerprint density at radius 1 is 0.600 bits per heavy atom. The third-order valence-corrected chi connectivity index (χ3v) is 11.8. The summed E-state index contributed by atoms with van der Waals surface area (Å²) in [6.45, 7) is 7.00. The van der Waals surface area contributed by atoms with Gasteiger partial charge in [-0.05, 0) is 12.8 Å². The minimum atomic E-state index is -2.53. The topological polar surface area (TPSA) is 27.7 Å². The SMILES string of the molecule is CCCCCCCCCCCCCCCCCC[N+](C)(CCC[Si](OC)(OC)OC)C(CC)c1ccccc1.[Cl-]. The van der Waals surface area contributed by atoms with E-state index in [0.29, 0.717) is 6.04 Å². The molecule has 1 aromatic rings. The molecule has 6 heteroatoms. The first-order valence-electron chi connectivity index (χ1n) is 16.6. The molecule has 0 aliphatic carbocycles. The molecular weight excluding hydrogens is 534 g/mol. The second kappa shape index (κ2) is 25.1. The van der Waals surface area contributed by atoms with Gasteiger partial charge in [0.1, 0.15) is 6.04 Å². The molecule has 0 fully saturated rings. The fourth-order valence-electron chi connectivity index (χ4n) is 6.37. The second-order valence-electron chi connectivity index (χ2n) is 12.0. The van der Waals surface area contributed by atoms with Crippen molar-refractivity contribution in [1.29, 1.82) is 0 Å². The highest BCUT2D eigenvalue weighted by Crippen LogP contribution is 2.32. The van der Waals surface area contributed by atoms with Gasteiger partial charge in [-0.3, -0.25) is 0 Å². The number of benzene rings is 1. The van der Waals surface area contributed by atoms with E-state index >= 15 is 0 Å². The van der Waals surface area contributed by atoms with Gasteiger partial charge in [0, 0.05) is 45.8 Å². The Bertz CT molecular complexity index is 668. The molecule has 0 bridgehead atoms. The smallest absolute Gasteiger partial charge is 0.500 e. The van der Waals surface area contributed by atoms with E-state index in [1.165, 1.54) is 115 Å². The summed E-state index contributed by atoms with van der Waals surface area (Å²) in [6, 6.07) is 12.5. The minimum Gasteiger partial charge on any atom is -1.00 e. The minimum absolute atomic E-state index is 0. The van der Waals surface area contributed by atoms with Crippen molar-refractivity contribution in [2.75, 3.05) is 41.5 Å². The first-order valence-corrected chi connectivity index (χ1v) is 18.5. The van der Waals surface area contributed by atoms with Crippen molar-refractivity contribution in [2.24, 2.45) is 0 Å². The monoisotopic (exact) mass is 599 g/mol. The zero-order valence-corrected chi connectivity index (χ0v) is 29.1. The number of unbranched alkanes of at least 4 members (excludes halogenated alkanes) is 15. The van der Waals surface area contributed by atoms with Crippen LogP contribution in [0.15, 0.2) is 30.3 Å². The Hall–Kier alpha value is -0.433. The van der Waals surface area contributed by atoms with Gasteiger partial charge in [0.15, 0.2) is 0 Å². The molecule has 236 valence electrons. The van der Waals surface area contributed by atoms with Crippen LogP contribution in [0.5, 0.6) is 0 Å². The maximum atomic E-state index is 5.70. The van der Waals surface area contributed by atoms with E-state index in [1.54, 1.807) is 21.3 Å². The summed E-state index contributed by atoms with van der Waals surface area (Å²) < 4.78 is 18.2. The van der Waals surface area contributed by atoms with E-state index in [4.69, 9.17) is 13.3 Å². The molecule has 2 unspecified atom stereocenters. The summed E-state index contributed by atoms with van der Waals surface area (Å²) in [7, 11) is 5.12. The van der Waals surface area contributed by atoms with Crippen LogP contribution in [0.1, 0.15) is 141 Å². The van der Waals surface area contributed by atoms with Crippen LogP contribution in [0.3, 0.4) is 0 Å². The van der Waals surface area contributed by atoms with Gasteiger partial charge < -0.3 is 30.2 Å². The van der Waals surface area contributed by atoms with Crippen LogP contribution in [-0.4, -0.2) is 54.8 Å². The molecule has 0 N–H and O–H groups in total. The highest BCUT2D eigenvalue weighted by atomic mass is 35.5. The lowest BCUT2D eigenvalue weighted by molar-refractivity contribution is -0.940. The third-order valence-electron chi connectivity index (χ3n) is 8.93. The largest absolute Gasteiger partial charge is 1.00 e. The lowest BCUT2D eigenvalue weighted by Gasteiger charge is -2.42. The molecule has 2 atom stereocenters. The first kappa shape index (κ1) is 39.6. The van der Waals surface area contributed by atoms with Crippen LogP contribution >= 0.6 is 0 Å². The number of rotatable bonds is 27. The summed E-state index contributed by atoms with van der Waals surface area (Å²) in [5, 5.41) is 0. The van der Waals surface area contributed by atoms with Gasteiger partial charge in [-0.15, -0.1) is 0 Å². The maximum absolute atomic E-state index is 5.70. The molecule has 0 spiro atoms. The summed E-state index contributed by atoms with van der Waals surface area (Å²) in [6.07, 6.45) is 24.9. The Balaban J connectivity index is 0.0000152. The molecule has 0 heterocycles. The van der Waals surface area contributed by atoms with Crippen molar-refractivity contribution in [2.45, 2.75) is 142 Å². The molecule has 0 aliphatic heterocycles. The van der Waals surface area contributed by atoms with Crippen LogP contribution in [0.25, 0.3) is 0 Å². The van der Waals surface area contributed by atoms with Crippen molar-refractivity contribution in [3.63, 3.8) is 0 Å². The van der Waals surface area contributed by atoms with E-state index in [0.717, 1.165) is 29.9 Å². The van der Waals surface area contributed by atoms with Gasteiger partial charge in [0.05, 0.1) is 20.1 Å². The average molecular weight is 600 g/mol. The van der Waals surface area contributed by atoms with Gasteiger partial charge in [-0.2, -0.15) is 0 Å². The van der Waals surface area contributed by atoms with Gasteiger partial charge >= 0.3 is 8.80 Å². The Labute approximate surface area is 257 Å². The summed E-state index contributed by atoms with van der Waals surface area (Å²) in [5.74, 6) is 0. The first-order chi connectivity index (χ1) is 19.0. The zero-order valence-electron chi connectivity index (χ0n) is 27.4. The lowest BCUT2D eigenvalue weighted by atomic mass is 9.99. The van der Waals surface area contributed by atoms with Crippen LogP contribution in [0.2, 0.25) is 6.04 Å². The number of halogens is 1. The molecule has 1 aromatic carbocycles. The molecule has 0 saturated carbocycles. The van der Waals surface area contributed by atoms with Crippen molar-refractivity contribution >= 4 is 8.80 Å². The molecular formula is C34H66ClNO3Si. The molecule has 0 radical (unpaired) electrons.